The van der Waals surface area contributed by atoms with Gasteiger partial charge in [-0.05, 0) is 49.8 Å². The molecule has 0 saturated heterocycles. The molecule has 108 valence electrons. The molecule has 2 rings (SSSR count). The average molecular weight is 292 g/mol. The largest absolute Gasteiger partial charge is 0.359 e. The Morgan fingerprint density at radius 3 is 2.70 bits per heavy atom. The molecule has 1 aromatic carbocycles. The van der Waals surface area contributed by atoms with Crippen molar-refractivity contribution in [2.75, 3.05) is 6.61 Å². The summed E-state index contributed by atoms with van der Waals surface area (Å²) < 4.78 is 17.4. The van der Waals surface area contributed by atoms with Gasteiger partial charge in [0, 0.05) is 0 Å². The van der Waals surface area contributed by atoms with E-state index >= 15 is 0 Å². The van der Waals surface area contributed by atoms with Crippen LogP contribution in [0.1, 0.15) is 26.2 Å². The minimum Gasteiger partial charge on any atom is -0.321 e. The third-order valence-electron chi connectivity index (χ3n) is 3.71. The Kier molecular flexibility index (Phi) is 4.98. The van der Waals surface area contributed by atoms with Crippen LogP contribution >= 0.6 is 7.60 Å². The van der Waals surface area contributed by atoms with Crippen LogP contribution in [0.4, 0.5) is 0 Å². The quantitative estimate of drug-likeness (QED) is 0.663. The Balaban J connectivity index is 1.93. The standard InChI is InChI=1S/C16H21O3P/c1-13(2)15-10-8-14(9-11-15)12-19-20(17,18)16-6-4-3-5-7-16/h3-8,15H,1,9-12H2,2H3,(H,17,18)/t15-/m1/s1. The molecule has 0 heterocycles. The molecule has 0 aliphatic heterocycles. The number of hydrogen-bond acceptors (Lipinski definition) is 2. The van der Waals surface area contributed by atoms with Gasteiger partial charge in [0.1, 0.15) is 0 Å². The molecule has 4 heteroatoms. The van der Waals surface area contributed by atoms with Gasteiger partial charge >= 0.3 is 7.60 Å². The van der Waals surface area contributed by atoms with Crippen molar-refractivity contribution in [2.24, 2.45) is 5.92 Å². The molecule has 2 atom stereocenters. The number of benzene rings is 1. The van der Waals surface area contributed by atoms with E-state index in [2.05, 4.69) is 19.6 Å². The van der Waals surface area contributed by atoms with Gasteiger partial charge in [0.05, 0.1) is 11.9 Å². The maximum atomic E-state index is 12.1. The molecule has 0 spiro atoms. The molecule has 1 N–H and O–H groups in total. The molecule has 0 amide bonds. The first-order valence-electron chi connectivity index (χ1n) is 6.85. The summed E-state index contributed by atoms with van der Waals surface area (Å²) in [7, 11) is -3.70. The van der Waals surface area contributed by atoms with Gasteiger partial charge in [-0.3, -0.25) is 4.57 Å². The van der Waals surface area contributed by atoms with E-state index in [1.807, 2.05) is 6.07 Å². The molecule has 1 unspecified atom stereocenters. The fraction of sp³-hybridized carbons (Fsp3) is 0.375. The van der Waals surface area contributed by atoms with E-state index < -0.39 is 7.60 Å². The van der Waals surface area contributed by atoms with Gasteiger partial charge in [0.25, 0.3) is 0 Å². The van der Waals surface area contributed by atoms with Crippen molar-refractivity contribution in [1.82, 2.24) is 0 Å². The summed E-state index contributed by atoms with van der Waals surface area (Å²) in [6.07, 6.45) is 5.03. The highest BCUT2D eigenvalue weighted by Crippen LogP contribution is 2.41. The van der Waals surface area contributed by atoms with Gasteiger partial charge < -0.3 is 9.42 Å². The Bertz CT molecular complexity index is 548. The van der Waals surface area contributed by atoms with Crippen LogP contribution < -0.4 is 5.30 Å². The summed E-state index contributed by atoms with van der Waals surface area (Å²) in [6, 6.07) is 8.52. The minimum absolute atomic E-state index is 0.228. The van der Waals surface area contributed by atoms with E-state index in [-0.39, 0.29) is 6.61 Å². The Morgan fingerprint density at radius 2 is 2.15 bits per heavy atom. The lowest BCUT2D eigenvalue weighted by atomic mass is 9.86. The lowest BCUT2D eigenvalue weighted by Crippen LogP contribution is -2.12. The first-order chi connectivity index (χ1) is 9.49. The van der Waals surface area contributed by atoms with Crippen molar-refractivity contribution in [1.29, 1.82) is 0 Å². The molecule has 0 bridgehead atoms. The average Bonchev–Trinajstić information content (AvgIpc) is 2.46. The summed E-state index contributed by atoms with van der Waals surface area (Å²) in [5.74, 6) is 0.536. The van der Waals surface area contributed by atoms with Crippen LogP contribution in [0.15, 0.2) is 54.1 Å². The van der Waals surface area contributed by atoms with E-state index in [4.69, 9.17) is 4.52 Å². The molecule has 3 nitrogen and oxygen atoms in total. The van der Waals surface area contributed by atoms with Crippen LogP contribution in [-0.2, 0) is 9.09 Å². The van der Waals surface area contributed by atoms with Crippen molar-refractivity contribution in [3.8, 4) is 0 Å². The van der Waals surface area contributed by atoms with Crippen molar-refractivity contribution < 1.29 is 14.0 Å². The zero-order valence-corrected chi connectivity index (χ0v) is 12.7. The van der Waals surface area contributed by atoms with Crippen molar-refractivity contribution in [3.05, 3.63) is 54.1 Å². The third-order valence-corrected chi connectivity index (χ3v) is 5.14. The van der Waals surface area contributed by atoms with Crippen LogP contribution in [0.3, 0.4) is 0 Å². The van der Waals surface area contributed by atoms with Crippen molar-refractivity contribution in [3.63, 3.8) is 0 Å². The monoisotopic (exact) mass is 292 g/mol. The van der Waals surface area contributed by atoms with Crippen LogP contribution in [0.5, 0.6) is 0 Å². The predicted molar refractivity (Wildman–Crippen MR) is 82.1 cm³/mol. The smallest absolute Gasteiger partial charge is 0.321 e. The number of allylic oxidation sites excluding steroid dienone is 2. The lowest BCUT2D eigenvalue weighted by Gasteiger charge is -2.22. The third kappa shape index (κ3) is 3.92. The molecule has 1 aliphatic carbocycles. The van der Waals surface area contributed by atoms with Gasteiger partial charge in [-0.25, -0.2) is 0 Å². The molecular formula is C16H21O3P. The molecule has 1 aliphatic rings. The maximum absolute atomic E-state index is 12.1. The summed E-state index contributed by atoms with van der Waals surface area (Å²) in [5, 5.41) is 0.344. The number of hydrogen-bond donors (Lipinski definition) is 1. The fourth-order valence-electron chi connectivity index (χ4n) is 2.33. The van der Waals surface area contributed by atoms with Gasteiger partial charge in [-0.15, -0.1) is 0 Å². The summed E-state index contributed by atoms with van der Waals surface area (Å²) in [4.78, 5) is 9.95. The first kappa shape index (κ1) is 15.2. The highest BCUT2D eigenvalue weighted by Gasteiger charge is 2.23. The maximum Gasteiger partial charge on any atom is 0.359 e. The first-order valence-corrected chi connectivity index (χ1v) is 8.43. The second kappa shape index (κ2) is 6.53. The Labute approximate surface area is 120 Å². The van der Waals surface area contributed by atoms with Gasteiger partial charge in [0.2, 0.25) is 0 Å². The second-order valence-corrected chi connectivity index (χ2v) is 7.12. The van der Waals surface area contributed by atoms with E-state index in [0.29, 0.717) is 11.2 Å². The van der Waals surface area contributed by atoms with Gasteiger partial charge in [-0.1, -0.05) is 36.4 Å². The molecule has 0 aromatic heterocycles. The van der Waals surface area contributed by atoms with Crippen LogP contribution in [0.2, 0.25) is 0 Å². The van der Waals surface area contributed by atoms with Crippen LogP contribution in [0.25, 0.3) is 0 Å². The molecule has 0 saturated carbocycles. The fourth-order valence-corrected chi connectivity index (χ4v) is 3.37. The lowest BCUT2D eigenvalue weighted by molar-refractivity contribution is 0.285. The zero-order chi connectivity index (χ0) is 14.6. The van der Waals surface area contributed by atoms with Crippen LogP contribution in [0, 0.1) is 5.92 Å². The SMILES string of the molecule is C=C(C)[C@@H]1CC=C(COP(=O)(O)c2ccccc2)CC1. The molecule has 0 fully saturated rings. The van der Waals surface area contributed by atoms with Crippen LogP contribution in [-0.4, -0.2) is 11.5 Å². The molecule has 20 heavy (non-hydrogen) atoms. The zero-order valence-electron chi connectivity index (χ0n) is 11.8. The van der Waals surface area contributed by atoms with Crippen molar-refractivity contribution in [2.45, 2.75) is 26.2 Å². The summed E-state index contributed by atoms with van der Waals surface area (Å²) in [5.41, 5.74) is 2.31. The topological polar surface area (TPSA) is 46.5 Å². The van der Waals surface area contributed by atoms with Gasteiger partial charge in [0.15, 0.2) is 0 Å². The minimum atomic E-state index is -3.70. The summed E-state index contributed by atoms with van der Waals surface area (Å²) in [6.45, 7) is 6.26. The number of rotatable bonds is 5. The summed E-state index contributed by atoms with van der Waals surface area (Å²) >= 11 is 0. The van der Waals surface area contributed by atoms with Crippen molar-refractivity contribution >= 4 is 12.9 Å². The molecule has 1 aromatic rings. The van der Waals surface area contributed by atoms with E-state index in [0.717, 1.165) is 24.8 Å². The van der Waals surface area contributed by atoms with Gasteiger partial charge in [-0.2, -0.15) is 0 Å². The normalized spacial score (nSPS) is 21.9. The molecule has 0 radical (unpaired) electrons. The Hall–Kier alpha value is -1.15. The second-order valence-electron chi connectivity index (χ2n) is 5.31. The highest BCUT2D eigenvalue weighted by molar-refractivity contribution is 7.61. The van der Waals surface area contributed by atoms with E-state index in [9.17, 15) is 9.46 Å². The Morgan fingerprint density at radius 1 is 1.45 bits per heavy atom. The van der Waals surface area contributed by atoms with E-state index in [1.54, 1.807) is 24.3 Å². The molecular weight excluding hydrogens is 271 g/mol. The highest BCUT2D eigenvalue weighted by atomic mass is 31.2. The predicted octanol–water partition coefficient (Wildman–Crippen LogP) is 3.82. The van der Waals surface area contributed by atoms with E-state index in [1.165, 1.54) is 5.57 Å².